The molecule has 5 heteroatoms. The smallest absolute Gasteiger partial charge is 0.308 e. The lowest BCUT2D eigenvalue weighted by molar-refractivity contribution is -0.141. The molecule has 1 fully saturated rings. The first kappa shape index (κ1) is 17.3. The number of nitrogens with zero attached hydrogens (tertiary/aromatic N) is 1. The largest absolute Gasteiger partial charge is 0.497 e. The molecule has 0 aromatic heterocycles. The Balaban J connectivity index is 1.60. The second-order valence-corrected chi connectivity index (χ2v) is 6.07. The van der Waals surface area contributed by atoms with Crippen LogP contribution in [0.4, 0.5) is 0 Å². The number of amides is 1. The number of unbranched alkanes of at least 4 members (excludes halogenated alkanes) is 2. The van der Waals surface area contributed by atoms with Crippen molar-refractivity contribution in [2.24, 2.45) is 5.92 Å². The Morgan fingerprint density at radius 3 is 2.57 bits per heavy atom. The number of aryl methyl sites for hydroxylation is 1. The predicted octanol–water partition coefficient (Wildman–Crippen LogP) is 2.73. The molecule has 1 N–H and O–H groups in total. The fourth-order valence-electron chi connectivity index (χ4n) is 2.92. The van der Waals surface area contributed by atoms with Crippen LogP contribution in [-0.2, 0) is 16.0 Å². The molecular formula is C18H25NO4. The fraction of sp³-hybridized carbons (Fsp3) is 0.556. The van der Waals surface area contributed by atoms with E-state index in [2.05, 4.69) is 12.1 Å². The molecule has 0 radical (unpaired) electrons. The van der Waals surface area contributed by atoms with Crippen LogP contribution in [0.25, 0.3) is 0 Å². The third kappa shape index (κ3) is 5.27. The van der Waals surface area contributed by atoms with E-state index in [9.17, 15) is 9.59 Å². The SMILES string of the molecule is COc1ccc(CCCCCC(=O)N2CC[C@@H](C(=O)O)C2)cc1. The number of methoxy groups -OCH3 is 1. The van der Waals surface area contributed by atoms with Gasteiger partial charge in [-0.05, 0) is 43.4 Å². The highest BCUT2D eigenvalue weighted by molar-refractivity contribution is 5.78. The zero-order valence-corrected chi connectivity index (χ0v) is 13.7. The number of carboxylic acid groups (broad SMARTS) is 1. The van der Waals surface area contributed by atoms with Gasteiger partial charge in [-0.1, -0.05) is 18.6 Å². The summed E-state index contributed by atoms with van der Waals surface area (Å²) in [6.07, 6.45) is 5.03. The zero-order valence-electron chi connectivity index (χ0n) is 13.7. The molecule has 0 saturated carbocycles. The summed E-state index contributed by atoms with van der Waals surface area (Å²) >= 11 is 0. The number of rotatable bonds is 8. The molecule has 1 aliphatic rings. The molecule has 5 nitrogen and oxygen atoms in total. The first-order valence-electron chi connectivity index (χ1n) is 8.23. The summed E-state index contributed by atoms with van der Waals surface area (Å²) < 4.78 is 5.13. The first-order chi connectivity index (χ1) is 11.1. The molecule has 0 bridgehead atoms. The minimum Gasteiger partial charge on any atom is -0.497 e. The van der Waals surface area contributed by atoms with Crippen LogP contribution in [0.2, 0.25) is 0 Å². The van der Waals surface area contributed by atoms with Gasteiger partial charge < -0.3 is 14.7 Å². The second kappa shape index (κ2) is 8.56. The number of carbonyl (C=O) groups is 2. The van der Waals surface area contributed by atoms with Gasteiger partial charge in [-0.25, -0.2) is 0 Å². The minimum atomic E-state index is -0.792. The monoisotopic (exact) mass is 319 g/mol. The van der Waals surface area contributed by atoms with Gasteiger partial charge in [-0.3, -0.25) is 9.59 Å². The number of ether oxygens (including phenoxy) is 1. The van der Waals surface area contributed by atoms with Crippen molar-refractivity contribution in [2.75, 3.05) is 20.2 Å². The Labute approximate surface area is 137 Å². The van der Waals surface area contributed by atoms with E-state index >= 15 is 0 Å². The van der Waals surface area contributed by atoms with E-state index in [1.165, 1.54) is 5.56 Å². The highest BCUT2D eigenvalue weighted by atomic mass is 16.5. The standard InChI is InChI=1S/C18H25NO4/c1-23-16-9-7-14(8-10-16)5-3-2-4-6-17(20)19-12-11-15(13-19)18(21)22/h7-10,15H,2-6,11-13H2,1H3,(H,21,22)/t15-/m1/s1. The molecule has 1 aromatic carbocycles. The quantitative estimate of drug-likeness (QED) is 0.748. The van der Waals surface area contributed by atoms with E-state index in [0.717, 1.165) is 31.4 Å². The Morgan fingerprint density at radius 2 is 1.96 bits per heavy atom. The summed E-state index contributed by atoms with van der Waals surface area (Å²) in [6.45, 7) is 0.960. The highest BCUT2D eigenvalue weighted by Crippen LogP contribution is 2.18. The molecule has 2 rings (SSSR count). The molecule has 126 valence electrons. The van der Waals surface area contributed by atoms with Crippen LogP contribution in [0.5, 0.6) is 5.75 Å². The molecule has 0 spiro atoms. The van der Waals surface area contributed by atoms with E-state index < -0.39 is 5.97 Å². The van der Waals surface area contributed by atoms with Crippen molar-refractivity contribution in [1.29, 1.82) is 0 Å². The lowest BCUT2D eigenvalue weighted by atomic mass is 10.1. The van der Waals surface area contributed by atoms with E-state index in [0.29, 0.717) is 25.9 Å². The summed E-state index contributed by atoms with van der Waals surface area (Å²) in [6, 6.07) is 8.07. The maximum Gasteiger partial charge on any atom is 0.308 e. The number of carbonyl (C=O) groups excluding carboxylic acids is 1. The van der Waals surface area contributed by atoms with Crippen LogP contribution in [0.3, 0.4) is 0 Å². The predicted molar refractivity (Wildman–Crippen MR) is 87.5 cm³/mol. The number of hydrogen-bond donors (Lipinski definition) is 1. The van der Waals surface area contributed by atoms with Crippen molar-refractivity contribution < 1.29 is 19.4 Å². The van der Waals surface area contributed by atoms with Gasteiger partial charge in [0.05, 0.1) is 13.0 Å². The van der Waals surface area contributed by atoms with Crippen LogP contribution in [0.15, 0.2) is 24.3 Å². The number of benzene rings is 1. The molecule has 1 amide bonds. The molecule has 1 atom stereocenters. The van der Waals surface area contributed by atoms with Crippen molar-refractivity contribution in [2.45, 2.75) is 38.5 Å². The van der Waals surface area contributed by atoms with E-state index in [-0.39, 0.29) is 11.8 Å². The third-order valence-corrected chi connectivity index (χ3v) is 4.41. The first-order valence-corrected chi connectivity index (χ1v) is 8.23. The van der Waals surface area contributed by atoms with Gasteiger partial charge in [-0.15, -0.1) is 0 Å². The minimum absolute atomic E-state index is 0.0956. The molecule has 1 aliphatic heterocycles. The van der Waals surface area contributed by atoms with Crippen LogP contribution in [0, 0.1) is 5.92 Å². The van der Waals surface area contributed by atoms with Crippen molar-refractivity contribution in [3.63, 3.8) is 0 Å². The van der Waals surface area contributed by atoms with Gasteiger partial charge in [0.2, 0.25) is 5.91 Å². The lowest BCUT2D eigenvalue weighted by Gasteiger charge is -2.15. The van der Waals surface area contributed by atoms with Crippen LogP contribution in [-0.4, -0.2) is 42.1 Å². The van der Waals surface area contributed by atoms with Gasteiger partial charge in [0, 0.05) is 19.5 Å². The lowest BCUT2D eigenvalue weighted by Crippen LogP contribution is -2.29. The molecule has 1 heterocycles. The summed E-state index contributed by atoms with van der Waals surface area (Å²) in [5.41, 5.74) is 1.28. The van der Waals surface area contributed by atoms with E-state index in [1.54, 1.807) is 12.0 Å². The number of likely N-dealkylation sites (tertiary alicyclic amines) is 1. The maximum atomic E-state index is 12.0. The van der Waals surface area contributed by atoms with Crippen LogP contribution in [0.1, 0.15) is 37.7 Å². The molecule has 23 heavy (non-hydrogen) atoms. The van der Waals surface area contributed by atoms with Crippen molar-refractivity contribution >= 4 is 11.9 Å². The summed E-state index contributed by atoms with van der Waals surface area (Å²) in [5.74, 6) is -0.211. The topological polar surface area (TPSA) is 66.8 Å². The van der Waals surface area contributed by atoms with Gasteiger partial charge in [0.1, 0.15) is 5.75 Å². The third-order valence-electron chi connectivity index (χ3n) is 4.41. The summed E-state index contributed by atoms with van der Waals surface area (Å²) in [5, 5.41) is 8.95. The fourth-order valence-corrected chi connectivity index (χ4v) is 2.92. The van der Waals surface area contributed by atoms with Crippen LogP contribution >= 0.6 is 0 Å². The van der Waals surface area contributed by atoms with Gasteiger partial charge in [-0.2, -0.15) is 0 Å². The number of hydrogen-bond acceptors (Lipinski definition) is 3. The Bertz CT molecular complexity index is 526. The number of aliphatic carboxylic acids is 1. The molecule has 1 saturated heterocycles. The van der Waals surface area contributed by atoms with Crippen LogP contribution < -0.4 is 4.74 Å². The Kier molecular flexibility index (Phi) is 6.44. The maximum absolute atomic E-state index is 12.0. The van der Waals surface area contributed by atoms with E-state index in [4.69, 9.17) is 9.84 Å². The number of carboxylic acids is 1. The molecule has 1 aromatic rings. The van der Waals surface area contributed by atoms with Gasteiger partial charge in [0.15, 0.2) is 0 Å². The average Bonchev–Trinajstić information content (AvgIpc) is 3.05. The average molecular weight is 319 g/mol. The van der Waals surface area contributed by atoms with E-state index in [1.807, 2.05) is 12.1 Å². The van der Waals surface area contributed by atoms with Crippen molar-refractivity contribution in [3.8, 4) is 5.75 Å². The molecule has 0 unspecified atom stereocenters. The van der Waals surface area contributed by atoms with Gasteiger partial charge >= 0.3 is 5.97 Å². The zero-order chi connectivity index (χ0) is 16.7. The Morgan fingerprint density at radius 1 is 1.22 bits per heavy atom. The summed E-state index contributed by atoms with van der Waals surface area (Å²) in [4.78, 5) is 24.6. The molecular weight excluding hydrogens is 294 g/mol. The molecule has 0 aliphatic carbocycles. The second-order valence-electron chi connectivity index (χ2n) is 6.07. The van der Waals surface area contributed by atoms with Crippen molar-refractivity contribution in [3.05, 3.63) is 29.8 Å². The van der Waals surface area contributed by atoms with Crippen molar-refractivity contribution in [1.82, 2.24) is 4.90 Å². The highest BCUT2D eigenvalue weighted by Gasteiger charge is 2.30. The Hall–Kier alpha value is -2.04. The van der Waals surface area contributed by atoms with Gasteiger partial charge in [0.25, 0.3) is 0 Å². The summed E-state index contributed by atoms with van der Waals surface area (Å²) in [7, 11) is 1.66. The normalized spacial score (nSPS) is 17.3.